The van der Waals surface area contributed by atoms with Crippen LogP contribution in [0.4, 0.5) is 0 Å². The summed E-state index contributed by atoms with van der Waals surface area (Å²) >= 11 is 0. The molecule has 2 aromatic rings. The Morgan fingerprint density at radius 1 is 1.33 bits per heavy atom. The molecule has 6 nitrogen and oxygen atoms in total. The van der Waals surface area contributed by atoms with Crippen molar-refractivity contribution >= 4 is 10.0 Å². The predicted octanol–water partition coefficient (Wildman–Crippen LogP) is 1.16. The first-order chi connectivity index (χ1) is 10.1. The fraction of sp³-hybridized carbons (Fsp3) is 0.357. The van der Waals surface area contributed by atoms with E-state index in [-0.39, 0.29) is 11.4 Å². The molecule has 3 N–H and O–H groups in total. The Morgan fingerprint density at radius 3 is 2.67 bits per heavy atom. The molecule has 0 atom stereocenters. The fourth-order valence-electron chi connectivity index (χ4n) is 2.26. The summed E-state index contributed by atoms with van der Waals surface area (Å²) in [5.41, 5.74) is 7.43. The molecule has 0 aromatic carbocycles. The Labute approximate surface area is 124 Å². The number of nitrogens with two attached hydrogens (primary N) is 1. The van der Waals surface area contributed by atoms with Crippen LogP contribution in [-0.2, 0) is 23.1 Å². The second kappa shape index (κ2) is 5.59. The minimum Gasteiger partial charge on any atom is -0.346 e. The Kier molecular flexibility index (Phi) is 3.79. The fourth-order valence-corrected chi connectivity index (χ4v) is 3.33. The van der Waals surface area contributed by atoms with E-state index in [0.29, 0.717) is 12.6 Å². The molecule has 0 saturated heterocycles. The van der Waals surface area contributed by atoms with Crippen molar-refractivity contribution in [2.75, 3.05) is 0 Å². The molecule has 0 unspecified atom stereocenters. The Morgan fingerprint density at radius 2 is 2.05 bits per heavy atom. The summed E-state index contributed by atoms with van der Waals surface area (Å²) in [7, 11) is -3.52. The highest BCUT2D eigenvalue weighted by molar-refractivity contribution is 7.89. The molecular weight excluding hydrogens is 288 g/mol. The second-order valence-electron chi connectivity index (χ2n) is 5.19. The highest BCUT2D eigenvalue weighted by Crippen LogP contribution is 2.37. The molecule has 112 valence electrons. The van der Waals surface area contributed by atoms with Crippen molar-refractivity contribution in [1.29, 1.82) is 0 Å². The van der Waals surface area contributed by atoms with Gasteiger partial charge in [-0.1, -0.05) is 0 Å². The van der Waals surface area contributed by atoms with Gasteiger partial charge in [0.2, 0.25) is 10.0 Å². The SMILES string of the molecule is NCc1cc(S(=O)(=O)NCc2ccncc2)cn1C1CC1. The predicted molar refractivity (Wildman–Crippen MR) is 78.9 cm³/mol. The average molecular weight is 306 g/mol. The minimum atomic E-state index is -3.52. The van der Waals surface area contributed by atoms with Gasteiger partial charge in [0.15, 0.2) is 0 Å². The summed E-state index contributed by atoms with van der Waals surface area (Å²) in [6.07, 6.45) is 7.14. The number of nitrogens with zero attached hydrogens (tertiary/aromatic N) is 2. The van der Waals surface area contributed by atoms with Crippen LogP contribution in [0.5, 0.6) is 0 Å². The molecule has 1 fully saturated rings. The number of hydrogen-bond donors (Lipinski definition) is 2. The highest BCUT2D eigenvalue weighted by atomic mass is 32.2. The van der Waals surface area contributed by atoms with Crippen LogP contribution in [0, 0.1) is 0 Å². The lowest BCUT2D eigenvalue weighted by Gasteiger charge is -2.05. The summed E-state index contributed by atoms with van der Waals surface area (Å²) in [6, 6.07) is 5.63. The molecule has 0 bridgehead atoms. The van der Waals surface area contributed by atoms with Gasteiger partial charge in [0.25, 0.3) is 0 Å². The average Bonchev–Trinajstić information content (AvgIpc) is 3.24. The van der Waals surface area contributed by atoms with Gasteiger partial charge in [0.1, 0.15) is 0 Å². The van der Waals surface area contributed by atoms with E-state index in [0.717, 1.165) is 24.1 Å². The van der Waals surface area contributed by atoms with Crippen LogP contribution in [0.25, 0.3) is 0 Å². The van der Waals surface area contributed by atoms with Crippen LogP contribution < -0.4 is 10.5 Å². The van der Waals surface area contributed by atoms with Gasteiger partial charge < -0.3 is 10.3 Å². The molecule has 0 amide bonds. The topological polar surface area (TPSA) is 90.0 Å². The summed E-state index contributed by atoms with van der Waals surface area (Å²) in [6.45, 7) is 0.591. The van der Waals surface area contributed by atoms with Crippen molar-refractivity contribution in [3.63, 3.8) is 0 Å². The van der Waals surface area contributed by atoms with E-state index < -0.39 is 10.0 Å². The van der Waals surface area contributed by atoms with E-state index in [1.807, 2.05) is 4.57 Å². The maximum atomic E-state index is 12.3. The smallest absolute Gasteiger partial charge is 0.242 e. The zero-order valence-corrected chi connectivity index (χ0v) is 12.4. The molecule has 2 aromatic heterocycles. The van der Waals surface area contributed by atoms with Gasteiger partial charge in [0.05, 0.1) is 4.90 Å². The lowest BCUT2D eigenvalue weighted by molar-refractivity contribution is 0.580. The summed E-state index contributed by atoms with van der Waals surface area (Å²) < 4.78 is 29.3. The molecular formula is C14H18N4O2S. The first kappa shape index (κ1) is 14.2. The quantitative estimate of drug-likeness (QED) is 0.838. The molecule has 3 rings (SSSR count). The van der Waals surface area contributed by atoms with E-state index in [1.54, 1.807) is 36.8 Å². The molecule has 1 aliphatic carbocycles. The van der Waals surface area contributed by atoms with Crippen LogP contribution in [0.15, 0.2) is 41.7 Å². The van der Waals surface area contributed by atoms with E-state index in [2.05, 4.69) is 9.71 Å². The summed E-state index contributed by atoms with van der Waals surface area (Å²) in [5, 5.41) is 0. The third-order valence-corrected chi connectivity index (χ3v) is 4.95. The molecule has 0 spiro atoms. The first-order valence-electron chi connectivity index (χ1n) is 6.89. The molecule has 0 radical (unpaired) electrons. The molecule has 7 heteroatoms. The maximum Gasteiger partial charge on any atom is 0.242 e. The Bertz CT molecular complexity index is 721. The van der Waals surface area contributed by atoms with Gasteiger partial charge in [-0.25, -0.2) is 13.1 Å². The molecule has 0 aliphatic heterocycles. The summed E-state index contributed by atoms with van der Waals surface area (Å²) in [4.78, 5) is 4.19. The van der Waals surface area contributed by atoms with Gasteiger partial charge in [-0.3, -0.25) is 4.98 Å². The van der Waals surface area contributed by atoms with Crippen LogP contribution in [-0.4, -0.2) is 18.0 Å². The van der Waals surface area contributed by atoms with Crippen molar-refractivity contribution in [1.82, 2.24) is 14.3 Å². The van der Waals surface area contributed by atoms with E-state index in [1.165, 1.54) is 0 Å². The molecule has 21 heavy (non-hydrogen) atoms. The zero-order chi connectivity index (χ0) is 14.9. The van der Waals surface area contributed by atoms with Crippen molar-refractivity contribution < 1.29 is 8.42 Å². The largest absolute Gasteiger partial charge is 0.346 e. The number of pyridine rings is 1. The Hall–Kier alpha value is -1.70. The van der Waals surface area contributed by atoms with Crippen molar-refractivity contribution in [2.24, 2.45) is 5.73 Å². The lowest BCUT2D eigenvalue weighted by atomic mass is 10.3. The van der Waals surface area contributed by atoms with Crippen LogP contribution in [0.2, 0.25) is 0 Å². The highest BCUT2D eigenvalue weighted by Gasteiger charge is 2.27. The first-order valence-corrected chi connectivity index (χ1v) is 8.38. The number of nitrogens with one attached hydrogen (secondary N) is 1. The van der Waals surface area contributed by atoms with Gasteiger partial charge in [-0.05, 0) is 36.6 Å². The lowest BCUT2D eigenvalue weighted by Crippen LogP contribution is -2.22. The standard InChI is InChI=1S/C14H18N4O2S/c15-8-13-7-14(10-18(13)12-1-2-12)21(19,20)17-9-11-3-5-16-6-4-11/h3-7,10,12,17H,1-2,8-9,15H2. The van der Waals surface area contributed by atoms with Gasteiger partial charge >= 0.3 is 0 Å². The normalized spacial score (nSPS) is 15.3. The second-order valence-corrected chi connectivity index (χ2v) is 6.96. The third-order valence-electron chi connectivity index (χ3n) is 3.58. The van der Waals surface area contributed by atoms with Gasteiger partial charge in [-0.15, -0.1) is 0 Å². The molecule has 2 heterocycles. The molecule has 1 aliphatic rings. The van der Waals surface area contributed by atoms with E-state index in [9.17, 15) is 8.42 Å². The van der Waals surface area contributed by atoms with Crippen LogP contribution >= 0.6 is 0 Å². The van der Waals surface area contributed by atoms with Crippen molar-refractivity contribution in [3.8, 4) is 0 Å². The number of hydrogen-bond acceptors (Lipinski definition) is 4. The number of sulfonamides is 1. The van der Waals surface area contributed by atoms with Crippen molar-refractivity contribution in [3.05, 3.63) is 48.0 Å². The third kappa shape index (κ3) is 3.15. The monoisotopic (exact) mass is 306 g/mol. The van der Waals surface area contributed by atoms with Crippen molar-refractivity contribution in [2.45, 2.75) is 36.9 Å². The minimum absolute atomic E-state index is 0.247. The molecule has 1 saturated carbocycles. The van der Waals surface area contributed by atoms with E-state index >= 15 is 0 Å². The van der Waals surface area contributed by atoms with Crippen LogP contribution in [0.3, 0.4) is 0 Å². The van der Waals surface area contributed by atoms with Crippen LogP contribution in [0.1, 0.15) is 30.1 Å². The Balaban J connectivity index is 1.78. The van der Waals surface area contributed by atoms with Gasteiger partial charge in [0, 0.05) is 43.4 Å². The van der Waals surface area contributed by atoms with E-state index in [4.69, 9.17) is 5.73 Å². The zero-order valence-electron chi connectivity index (χ0n) is 11.6. The maximum absolute atomic E-state index is 12.3. The number of rotatable bonds is 6. The number of aromatic nitrogens is 2. The van der Waals surface area contributed by atoms with Gasteiger partial charge in [-0.2, -0.15) is 0 Å². The summed E-state index contributed by atoms with van der Waals surface area (Å²) in [5.74, 6) is 0.